The van der Waals surface area contributed by atoms with Crippen molar-refractivity contribution in [1.29, 1.82) is 0 Å². The van der Waals surface area contributed by atoms with Gasteiger partial charge in [-0.2, -0.15) is 0 Å². The molecule has 0 saturated carbocycles. The monoisotopic (exact) mass is 320 g/mol. The highest BCUT2D eigenvalue weighted by Gasteiger charge is 2.18. The van der Waals surface area contributed by atoms with Crippen LogP contribution in [0.25, 0.3) is 0 Å². The first-order chi connectivity index (χ1) is 10.9. The average Bonchev–Trinajstić information content (AvgIpc) is 2.47. The van der Waals surface area contributed by atoms with Crippen LogP contribution in [0.2, 0.25) is 0 Å². The van der Waals surface area contributed by atoms with Gasteiger partial charge in [0.1, 0.15) is 0 Å². The number of amides is 2. The van der Waals surface area contributed by atoms with E-state index in [1.165, 1.54) is 0 Å². The largest absolute Gasteiger partial charge is 0.349 e. The predicted octanol–water partition coefficient (Wildman–Crippen LogP) is 0.925. The quantitative estimate of drug-likeness (QED) is 0.667. The number of aryl methyl sites for hydroxylation is 2. The van der Waals surface area contributed by atoms with E-state index in [1.54, 1.807) is 0 Å². The van der Waals surface area contributed by atoms with Gasteiger partial charge in [-0.3, -0.25) is 9.59 Å². The Labute approximate surface area is 139 Å². The molecule has 1 atom stereocenters. The molecule has 1 aromatic rings. The Bertz CT molecular complexity index is 541. The smallest absolute Gasteiger partial charge is 0.279 e. The van der Waals surface area contributed by atoms with Crippen molar-refractivity contribution in [1.82, 2.24) is 5.32 Å². The second kappa shape index (κ2) is 9.30. The van der Waals surface area contributed by atoms with Crippen LogP contribution in [0.1, 0.15) is 38.8 Å². The van der Waals surface area contributed by atoms with Gasteiger partial charge in [0.05, 0.1) is 6.54 Å². The molecule has 1 rings (SSSR count). The topological polar surface area (TPSA) is 62.6 Å². The summed E-state index contributed by atoms with van der Waals surface area (Å²) in [6.45, 7) is 11.3. The Hall–Kier alpha value is -1.88. The van der Waals surface area contributed by atoms with Crippen LogP contribution < -0.4 is 15.5 Å². The minimum atomic E-state index is -0.0526. The molecule has 128 valence electrons. The molecule has 0 spiro atoms. The molecule has 0 bridgehead atoms. The number of quaternary nitrogens is 1. The molecule has 23 heavy (non-hydrogen) atoms. The van der Waals surface area contributed by atoms with Gasteiger partial charge >= 0.3 is 0 Å². The van der Waals surface area contributed by atoms with E-state index >= 15 is 0 Å². The highest BCUT2D eigenvalue weighted by Crippen LogP contribution is 2.20. The SMILES string of the molecule is CCc1cccc(C)c1NC(=O)C[NH+](CC)CC(=O)NC(C)C. The molecule has 1 aromatic carbocycles. The van der Waals surface area contributed by atoms with Crippen LogP contribution in [0.4, 0.5) is 5.69 Å². The van der Waals surface area contributed by atoms with E-state index in [9.17, 15) is 9.59 Å². The third kappa shape index (κ3) is 6.40. The molecule has 0 radical (unpaired) electrons. The maximum atomic E-state index is 12.3. The summed E-state index contributed by atoms with van der Waals surface area (Å²) < 4.78 is 0. The lowest BCUT2D eigenvalue weighted by atomic mass is 10.1. The number of benzene rings is 1. The van der Waals surface area contributed by atoms with Crippen LogP contribution in [0, 0.1) is 6.92 Å². The molecule has 0 aliphatic carbocycles. The zero-order chi connectivity index (χ0) is 17.4. The Balaban J connectivity index is 2.66. The minimum absolute atomic E-state index is 0.0187. The van der Waals surface area contributed by atoms with Gasteiger partial charge in [-0.1, -0.05) is 25.1 Å². The molecule has 3 N–H and O–H groups in total. The number of para-hydroxylation sites is 1. The van der Waals surface area contributed by atoms with Gasteiger partial charge in [-0.25, -0.2) is 0 Å². The Morgan fingerprint density at radius 3 is 2.35 bits per heavy atom. The lowest BCUT2D eigenvalue weighted by molar-refractivity contribution is -0.881. The van der Waals surface area contributed by atoms with Crippen LogP contribution in [-0.4, -0.2) is 37.5 Å². The van der Waals surface area contributed by atoms with Crippen molar-refractivity contribution in [3.8, 4) is 0 Å². The molecule has 1 unspecified atom stereocenters. The molecular formula is C18H30N3O2+. The van der Waals surface area contributed by atoms with Crippen molar-refractivity contribution < 1.29 is 14.5 Å². The van der Waals surface area contributed by atoms with E-state index in [2.05, 4.69) is 17.6 Å². The third-order valence-electron chi connectivity index (χ3n) is 3.78. The van der Waals surface area contributed by atoms with E-state index in [1.807, 2.05) is 45.9 Å². The maximum Gasteiger partial charge on any atom is 0.279 e. The van der Waals surface area contributed by atoms with Crippen molar-refractivity contribution in [2.45, 2.75) is 47.1 Å². The van der Waals surface area contributed by atoms with Crippen molar-refractivity contribution >= 4 is 17.5 Å². The molecule has 0 heterocycles. The zero-order valence-corrected chi connectivity index (χ0v) is 15.0. The number of hydrogen-bond acceptors (Lipinski definition) is 2. The number of anilines is 1. The molecule has 0 saturated heterocycles. The molecule has 0 fully saturated rings. The number of hydrogen-bond donors (Lipinski definition) is 3. The van der Waals surface area contributed by atoms with Gasteiger partial charge in [0.15, 0.2) is 13.1 Å². The fourth-order valence-corrected chi connectivity index (χ4v) is 2.53. The molecule has 5 nitrogen and oxygen atoms in total. The highest BCUT2D eigenvalue weighted by atomic mass is 16.2. The average molecular weight is 320 g/mol. The second-order valence-corrected chi connectivity index (χ2v) is 6.19. The molecular weight excluding hydrogens is 290 g/mol. The standard InChI is InChI=1S/C18H29N3O2/c1-6-15-10-8-9-14(5)18(15)20-17(23)12-21(7-2)11-16(22)19-13(3)4/h8-10,13H,6-7,11-12H2,1-5H3,(H,19,22)(H,20,23)/p+1. The fraction of sp³-hybridized carbons (Fsp3) is 0.556. The van der Waals surface area contributed by atoms with Gasteiger partial charge < -0.3 is 15.5 Å². The lowest BCUT2D eigenvalue weighted by Gasteiger charge is -2.19. The number of nitrogens with one attached hydrogen (secondary N) is 3. The van der Waals surface area contributed by atoms with E-state index in [0.717, 1.165) is 34.7 Å². The first kappa shape index (κ1) is 19.2. The van der Waals surface area contributed by atoms with E-state index in [4.69, 9.17) is 0 Å². The summed E-state index contributed by atoms with van der Waals surface area (Å²) in [4.78, 5) is 25.1. The summed E-state index contributed by atoms with van der Waals surface area (Å²) in [6.07, 6.45) is 0.873. The molecule has 0 aliphatic rings. The van der Waals surface area contributed by atoms with Gasteiger partial charge in [0.25, 0.3) is 11.8 Å². The fourth-order valence-electron chi connectivity index (χ4n) is 2.53. The van der Waals surface area contributed by atoms with Crippen LogP contribution >= 0.6 is 0 Å². The van der Waals surface area contributed by atoms with Crippen molar-refractivity contribution in [3.05, 3.63) is 29.3 Å². The first-order valence-corrected chi connectivity index (χ1v) is 8.38. The number of carbonyl (C=O) groups excluding carboxylic acids is 2. The van der Waals surface area contributed by atoms with Crippen molar-refractivity contribution in [3.63, 3.8) is 0 Å². The summed E-state index contributed by atoms with van der Waals surface area (Å²) in [5, 5.41) is 5.88. The molecule has 0 aromatic heterocycles. The van der Waals surface area contributed by atoms with E-state index < -0.39 is 0 Å². The van der Waals surface area contributed by atoms with Crippen LogP contribution in [0.15, 0.2) is 18.2 Å². The highest BCUT2D eigenvalue weighted by molar-refractivity contribution is 5.93. The number of likely N-dealkylation sites (N-methyl/N-ethyl adjacent to an activating group) is 1. The Kier molecular flexibility index (Phi) is 7.75. The summed E-state index contributed by atoms with van der Waals surface area (Å²) in [5.41, 5.74) is 3.10. The summed E-state index contributed by atoms with van der Waals surface area (Å²) in [5.74, 6) is -0.0713. The van der Waals surface area contributed by atoms with Crippen LogP contribution in [0.5, 0.6) is 0 Å². The molecule has 5 heteroatoms. The number of rotatable bonds is 8. The van der Waals surface area contributed by atoms with Crippen molar-refractivity contribution in [2.75, 3.05) is 25.0 Å². The van der Waals surface area contributed by atoms with Gasteiger partial charge in [0, 0.05) is 11.7 Å². The van der Waals surface area contributed by atoms with Gasteiger partial charge in [-0.15, -0.1) is 0 Å². The number of carbonyl (C=O) groups is 2. The van der Waals surface area contributed by atoms with Gasteiger partial charge in [0.2, 0.25) is 0 Å². The predicted molar refractivity (Wildman–Crippen MR) is 93.7 cm³/mol. The van der Waals surface area contributed by atoms with Crippen LogP contribution in [0.3, 0.4) is 0 Å². The summed E-state index contributed by atoms with van der Waals surface area (Å²) in [7, 11) is 0. The first-order valence-electron chi connectivity index (χ1n) is 8.38. The minimum Gasteiger partial charge on any atom is -0.349 e. The molecule has 0 aliphatic heterocycles. The van der Waals surface area contributed by atoms with E-state index in [-0.39, 0.29) is 17.9 Å². The zero-order valence-electron chi connectivity index (χ0n) is 15.0. The van der Waals surface area contributed by atoms with Crippen LogP contribution in [-0.2, 0) is 16.0 Å². The maximum absolute atomic E-state index is 12.3. The summed E-state index contributed by atoms with van der Waals surface area (Å²) >= 11 is 0. The van der Waals surface area contributed by atoms with Crippen molar-refractivity contribution in [2.24, 2.45) is 0 Å². The van der Waals surface area contributed by atoms with Gasteiger partial charge in [-0.05, 0) is 45.2 Å². The third-order valence-corrected chi connectivity index (χ3v) is 3.78. The van der Waals surface area contributed by atoms with E-state index in [0.29, 0.717) is 13.1 Å². The Morgan fingerprint density at radius 2 is 1.78 bits per heavy atom. The normalized spacial score (nSPS) is 12.1. The summed E-state index contributed by atoms with van der Waals surface area (Å²) in [6, 6.07) is 6.15. The molecule has 2 amide bonds. The lowest BCUT2D eigenvalue weighted by Crippen LogP contribution is -3.14. The Morgan fingerprint density at radius 1 is 1.13 bits per heavy atom. The second-order valence-electron chi connectivity index (χ2n) is 6.19.